The van der Waals surface area contributed by atoms with Gasteiger partial charge in [-0.15, -0.1) is 0 Å². The van der Waals surface area contributed by atoms with Gasteiger partial charge in [-0.1, -0.05) is 40.5 Å². The highest BCUT2D eigenvalue weighted by Gasteiger charge is 2.35. The van der Waals surface area contributed by atoms with Gasteiger partial charge in [-0.2, -0.15) is 0 Å². The number of nitrogens with one attached hydrogen (secondary N) is 1. The van der Waals surface area contributed by atoms with Crippen LogP contribution in [0.5, 0.6) is 0 Å². The second-order valence-electron chi connectivity index (χ2n) is 7.42. The molecular weight excluding hydrogens is 294 g/mol. The lowest BCUT2D eigenvalue weighted by Crippen LogP contribution is -2.55. The number of hydrogen-bond donors (Lipinski definition) is 1. The molecule has 2 unspecified atom stereocenters. The molecule has 0 aromatic carbocycles. The summed E-state index contributed by atoms with van der Waals surface area (Å²) in [7, 11) is 5.02. The van der Waals surface area contributed by atoms with Gasteiger partial charge in [-0.3, -0.25) is 14.4 Å². The van der Waals surface area contributed by atoms with E-state index < -0.39 is 6.04 Å². The number of hydrogen-bond acceptors (Lipinski definition) is 3. The van der Waals surface area contributed by atoms with E-state index in [1.807, 2.05) is 20.8 Å². The average molecular weight is 327 g/mol. The first kappa shape index (κ1) is 21.4. The number of nitrogens with zero attached hydrogens (tertiary/aromatic N) is 2. The van der Waals surface area contributed by atoms with Gasteiger partial charge in [0.1, 0.15) is 6.04 Å². The number of carbonyl (C=O) groups excluding carboxylic acids is 3. The van der Waals surface area contributed by atoms with Crippen LogP contribution in [0.15, 0.2) is 0 Å². The first-order valence-corrected chi connectivity index (χ1v) is 8.21. The summed E-state index contributed by atoms with van der Waals surface area (Å²) >= 11 is 0. The molecule has 0 heterocycles. The van der Waals surface area contributed by atoms with E-state index in [0.29, 0.717) is 13.0 Å². The minimum atomic E-state index is -0.587. The van der Waals surface area contributed by atoms with Crippen LogP contribution in [0.2, 0.25) is 0 Å². The van der Waals surface area contributed by atoms with Crippen LogP contribution in [0.25, 0.3) is 0 Å². The van der Waals surface area contributed by atoms with Crippen molar-refractivity contribution in [3.8, 4) is 0 Å². The zero-order valence-corrected chi connectivity index (χ0v) is 15.7. The third kappa shape index (κ3) is 7.48. The van der Waals surface area contributed by atoms with Crippen molar-refractivity contribution in [3.63, 3.8) is 0 Å². The standard InChI is InChI=1S/C17H33N3O3/c1-8-9-10-13(11-20(7)12-21)15(22)18-14(17(2,3)4)16(23)19(5)6/h12-14H,8-11H2,1-7H3,(H,18,22). The van der Waals surface area contributed by atoms with Crippen molar-refractivity contribution in [2.24, 2.45) is 11.3 Å². The number of carbonyl (C=O) groups is 3. The summed E-state index contributed by atoms with van der Waals surface area (Å²) in [5.74, 6) is -0.587. The predicted octanol–water partition coefficient (Wildman–Crippen LogP) is 1.50. The van der Waals surface area contributed by atoms with Crippen molar-refractivity contribution in [1.82, 2.24) is 15.1 Å². The lowest BCUT2D eigenvalue weighted by atomic mass is 9.85. The van der Waals surface area contributed by atoms with Gasteiger partial charge >= 0.3 is 0 Å². The molecule has 0 aromatic rings. The molecule has 6 heteroatoms. The molecule has 0 saturated carbocycles. The molecule has 0 rings (SSSR count). The van der Waals surface area contributed by atoms with E-state index in [1.165, 1.54) is 9.80 Å². The Morgan fingerprint density at radius 2 is 1.74 bits per heavy atom. The summed E-state index contributed by atoms with van der Waals surface area (Å²) in [6.07, 6.45) is 3.31. The molecule has 0 aliphatic heterocycles. The monoisotopic (exact) mass is 327 g/mol. The highest BCUT2D eigenvalue weighted by atomic mass is 16.2. The van der Waals surface area contributed by atoms with Crippen molar-refractivity contribution in [2.45, 2.75) is 53.0 Å². The minimum absolute atomic E-state index is 0.121. The molecule has 0 aromatic heterocycles. The van der Waals surface area contributed by atoms with Gasteiger partial charge in [0.25, 0.3) is 0 Å². The fourth-order valence-electron chi connectivity index (χ4n) is 2.31. The Morgan fingerprint density at radius 3 is 2.13 bits per heavy atom. The molecule has 2 atom stereocenters. The SMILES string of the molecule is CCCCC(CN(C)C=O)C(=O)NC(C(=O)N(C)C)C(C)(C)C. The number of amides is 3. The van der Waals surface area contributed by atoms with Crippen LogP contribution in [0.3, 0.4) is 0 Å². The molecule has 0 fully saturated rings. The normalized spacial score (nSPS) is 13.9. The Labute approximate surface area is 140 Å². The van der Waals surface area contributed by atoms with E-state index in [2.05, 4.69) is 12.2 Å². The van der Waals surface area contributed by atoms with Crippen molar-refractivity contribution in [3.05, 3.63) is 0 Å². The fraction of sp³-hybridized carbons (Fsp3) is 0.824. The third-order valence-electron chi connectivity index (χ3n) is 3.81. The summed E-state index contributed by atoms with van der Waals surface area (Å²) in [5.41, 5.74) is -0.386. The second kappa shape index (κ2) is 9.53. The first-order valence-electron chi connectivity index (χ1n) is 8.21. The van der Waals surface area contributed by atoms with E-state index in [-0.39, 0.29) is 23.1 Å². The van der Waals surface area contributed by atoms with Crippen LogP contribution in [0.4, 0.5) is 0 Å². The second-order valence-corrected chi connectivity index (χ2v) is 7.42. The van der Waals surface area contributed by atoms with Gasteiger partial charge in [-0.25, -0.2) is 0 Å². The molecule has 1 N–H and O–H groups in total. The third-order valence-corrected chi connectivity index (χ3v) is 3.81. The average Bonchev–Trinajstić information content (AvgIpc) is 2.46. The molecular formula is C17H33N3O3. The van der Waals surface area contributed by atoms with E-state index in [9.17, 15) is 14.4 Å². The Hall–Kier alpha value is -1.59. The molecule has 0 aliphatic rings. The van der Waals surface area contributed by atoms with Crippen LogP contribution >= 0.6 is 0 Å². The lowest BCUT2D eigenvalue weighted by Gasteiger charge is -2.33. The summed E-state index contributed by atoms with van der Waals surface area (Å²) in [4.78, 5) is 38.9. The van der Waals surface area contributed by atoms with Gasteiger partial charge in [0, 0.05) is 27.7 Å². The van der Waals surface area contributed by atoms with E-state index in [0.717, 1.165) is 19.3 Å². The Balaban J connectivity index is 5.15. The van der Waals surface area contributed by atoms with Crippen molar-refractivity contribution < 1.29 is 14.4 Å². The quantitative estimate of drug-likeness (QED) is 0.653. The van der Waals surface area contributed by atoms with Crippen LogP contribution in [-0.2, 0) is 14.4 Å². The summed E-state index contributed by atoms with van der Waals surface area (Å²) in [5, 5.41) is 2.90. The van der Waals surface area contributed by atoms with Gasteiger partial charge in [0.15, 0.2) is 0 Å². The zero-order valence-electron chi connectivity index (χ0n) is 15.7. The lowest BCUT2D eigenvalue weighted by molar-refractivity contribution is -0.139. The maximum atomic E-state index is 12.7. The maximum Gasteiger partial charge on any atom is 0.245 e. The highest BCUT2D eigenvalue weighted by molar-refractivity contribution is 5.89. The summed E-state index contributed by atoms with van der Waals surface area (Å²) in [6, 6.07) is -0.587. The predicted molar refractivity (Wildman–Crippen MR) is 91.8 cm³/mol. The zero-order chi connectivity index (χ0) is 18.2. The van der Waals surface area contributed by atoms with Crippen molar-refractivity contribution >= 4 is 18.2 Å². The van der Waals surface area contributed by atoms with E-state index >= 15 is 0 Å². The molecule has 0 bridgehead atoms. The van der Waals surface area contributed by atoms with Gasteiger partial charge in [-0.05, 0) is 11.8 Å². The minimum Gasteiger partial charge on any atom is -0.348 e. The largest absolute Gasteiger partial charge is 0.348 e. The van der Waals surface area contributed by atoms with Crippen LogP contribution in [0, 0.1) is 11.3 Å². The Morgan fingerprint density at radius 1 is 1.17 bits per heavy atom. The van der Waals surface area contributed by atoms with Crippen molar-refractivity contribution in [2.75, 3.05) is 27.7 Å². The number of likely N-dealkylation sites (N-methyl/N-ethyl adjacent to an activating group) is 1. The molecule has 134 valence electrons. The number of rotatable bonds is 9. The Kier molecular flexibility index (Phi) is 8.87. The molecule has 23 heavy (non-hydrogen) atoms. The van der Waals surface area contributed by atoms with E-state index in [1.54, 1.807) is 21.1 Å². The molecule has 0 spiro atoms. The summed E-state index contributed by atoms with van der Waals surface area (Å²) in [6.45, 7) is 8.21. The molecule has 0 saturated heterocycles. The molecule has 0 radical (unpaired) electrons. The van der Waals surface area contributed by atoms with Crippen molar-refractivity contribution in [1.29, 1.82) is 0 Å². The number of unbranched alkanes of at least 4 members (excludes halogenated alkanes) is 1. The fourth-order valence-corrected chi connectivity index (χ4v) is 2.31. The van der Waals surface area contributed by atoms with Crippen LogP contribution in [-0.4, -0.2) is 61.8 Å². The van der Waals surface area contributed by atoms with Crippen LogP contribution < -0.4 is 5.32 Å². The maximum absolute atomic E-state index is 12.7. The molecule has 6 nitrogen and oxygen atoms in total. The highest BCUT2D eigenvalue weighted by Crippen LogP contribution is 2.22. The smallest absolute Gasteiger partial charge is 0.245 e. The van der Waals surface area contributed by atoms with Gasteiger partial charge in [0.05, 0.1) is 5.92 Å². The van der Waals surface area contributed by atoms with Crippen LogP contribution in [0.1, 0.15) is 47.0 Å². The van der Waals surface area contributed by atoms with Gasteiger partial charge in [0.2, 0.25) is 18.2 Å². The molecule has 3 amide bonds. The van der Waals surface area contributed by atoms with E-state index in [4.69, 9.17) is 0 Å². The topological polar surface area (TPSA) is 69.7 Å². The molecule has 0 aliphatic carbocycles. The van der Waals surface area contributed by atoms with Gasteiger partial charge < -0.3 is 15.1 Å². The first-order chi connectivity index (χ1) is 10.5. The Bertz CT molecular complexity index is 402. The summed E-state index contributed by atoms with van der Waals surface area (Å²) < 4.78 is 0.